The van der Waals surface area contributed by atoms with Gasteiger partial charge in [-0.15, -0.1) is 0 Å². The third kappa shape index (κ3) is 3.98. The number of hydrogen-bond donors (Lipinski definition) is 1. The van der Waals surface area contributed by atoms with E-state index in [1.54, 1.807) is 48.5 Å². The van der Waals surface area contributed by atoms with E-state index < -0.39 is 0 Å². The third-order valence-corrected chi connectivity index (χ3v) is 5.26. The van der Waals surface area contributed by atoms with Gasteiger partial charge in [-0.05, 0) is 42.7 Å². The van der Waals surface area contributed by atoms with Crippen molar-refractivity contribution in [2.24, 2.45) is 5.92 Å². The van der Waals surface area contributed by atoms with Gasteiger partial charge in [0.2, 0.25) is 0 Å². The van der Waals surface area contributed by atoms with Crippen LogP contribution in [0.4, 0.5) is 5.69 Å². The summed E-state index contributed by atoms with van der Waals surface area (Å²) in [6, 6.07) is 13.4. The summed E-state index contributed by atoms with van der Waals surface area (Å²) in [5.41, 5.74) is 1.64. The van der Waals surface area contributed by atoms with Crippen molar-refractivity contribution in [3.8, 4) is 0 Å². The molecular weight excluding hydrogens is 352 g/mol. The Bertz CT molecular complexity index is 856. The van der Waals surface area contributed by atoms with Crippen molar-refractivity contribution in [3.05, 3.63) is 65.2 Å². The molecule has 3 rings (SSSR count). The number of nitrogens with zero attached hydrogens (tertiary/aromatic N) is 1. The number of imide groups is 1. The van der Waals surface area contributed by atoms with E-state index in [4.69, 9.17) is 0 Å². The summed E-state index contributed by atoms with van der Waals surface area (Å²) in [4.78, 5) is 39.0. The molecule has 5 heteroatoms. The van der Waals surface area contributed by atoms with Gasteiger partial charge in [0.05, 0.1) is 16.8 Å². The summed E-state index contributed by atoms with van der Waals surface area (Å²) >= 11 is 0. The zero-order chi connectivity index (χ0) is 20.1. The van der Waals surface area contributed by atoms with Crippen molar-refractivity contribution in [3.63, 3.8) is 0 Å². The molecule has 0 spiro atoms. The first kappa shape index (κ1) is 19.8. The SMILES string of the molecule is CCCCC(CC)CNC(=O)c1cccc(N2C(=O)c3ccccc3C2=O)c1. The first-order chi connectivity index (χ1) is 13.6. The highest BCUT2D eigenvalue weighted by atomic mass is 16.2. The number of hydrogen-bond acceptors (Lipinski definition) is 3. The van der Waals surface area contributed by atoms with Crippen molar-refractivity contribution in [2.45, 2.75) is 39.5 Å². The van der Waals surface area contributed by atoms with Gasteiger partial charge in [0, 0.05) is 12.1 Å². The number of amides is 3. The van der Waals surface area contributed by atoms with Crippen LogP contribution in [0.1, 0.15) is 70.6 Å². The number of benzene rings is 2. The van der Waals surface area contributed by atoms with E-state index in [1.165, 1.54) is 0 Å². The van der Waals surface area contributed by atoms with E-state index in [2.05, 4.69) is 19.2 Å². The molecule has 2 aromatic carbocycles. The van der Waals surface area contributed by atoms with Gasteiger partial charge in [-0.1, -0.05) is 51.3 Å². The molecule has 146 valence electrons. The average Bonchev–Trinajstić information content (AvgIpc) is 2.98. The Morgan fingerprint density at radius 3 is 2.29 bits per heavy atom. The van der Waals surface area contributed by atoms with Gasteiger partial charge in [-0.25, -0.2) is 4.90 Å². The third-order valence-electron chi connectivity index (χ3n) is 5.26. The maximum absolute atomic E-state index is 12.6. The molecule has 1 aliphatic heterocycles. The molecule has 0 bridgehead atoms. The lowest BCUT2D eigenvalue weighted by molar-refractivity contribution is 0.0918. The lowest BCUT2D eigenvalue weighted by atomic mass is 9.99. The topological polar surface area (TPSA) is 66.5 Å². The molecule has 28 heavy (non-hydrogen) atoms. The van der Waals surface area contributed by atoms with Gasteiger partial charge in [0.25, 0.3) is 17.7 Å². The minimum absolute atomic E-state index is 0.187. The number of unbranched alkanes of at least 4 members (excludes halogenated alkanes) is 1. The second-order valence-electron chi connectivity index (χ2n) is 7.17. The number of anilines is 1. The van der Waals surface area contributed by atoms with E-state index in [-0.39, 0.29) is 17.7 Å². The second-order valence-corrected chi connectivity index (χ2v) is 7.17. The largest absolute Gasteiger partial charge is 0.352 e. The molecule has 1 N–H and O–H groups in total. The zero-order valence-electron chi connectivity index (χ0n) is 16.4. The van der Waals surface area contributed by atoms with Crippen LogP contribution < -0.4 is 10.2 Å². The van der Waals surface area contributed by atoms with Gasteiger partial charge in [-0.2, -0.15) is 0 Å². The fourth-order valence-electron chi connectivity index (χ4n) is 3.49. The summed E-state index contributed by atoms with van der Waals surface area (Å²) in [5, 5.41) is 2.99. The van der Waals surface area contributed by atoms with E-state index in [0.29, 0.717) is 34.8 Å². The van der Waals surface area contributed by atoms with Crippen molar-refractivity contribution in [1.82, 2.24) is 5.32 Å². The van der Waals surface area contributed by atoms with Crippen molar-refractivity contribution < 1.29 is 14.4 Å². The van der Waals surface area contributed by atoms with E-state index in [1.807, 2.05) is 0 Å². The summed E-state index contributed by atoms with van der Waals surface area (Å²) in [6.07, 6.45) is 4.42. The van der Waals surface area contributed by atoms with Crippen LogP contribution in [0.3, 0.4) is 0 Å². The standard InChI is InChI=1S/C23H26N2O3/c1-3-5-9-16(4-2)15-24-21(26)17-10-8-11-18(14-17)25-22(27)19-12-6-7-13-20(19)23(25)28/h6-8,10-14,16H,3-5,9,15H2,1-2H3,(H,24,26). The highest BCUT2D eigenvalue weighted by molar-refractivity contribution is 6.34. The molecule has 1 aliphatic rings. The first-order valence-corrected chi connectivity index (χ1v) is 9.92. The van der Waals surface area contributed by atoms with Crippen LogP contribution in [0.2, 0.25) is 0 Å². The zero-order valence-corrected chi connectivity index (χ0v) is 16.4. The fourth-order valence-corrected chi connectivity index (χ4v) is 3.49. The van der Waals surface area contributed by atoms with E-state index >= 15 is 0 Å². The number of fused-ring (bicyclic) bond motifs is 1. The highest BCUT2D eigenvalue weighted by Gasteiger charge is 2.36. The Morgan fingerprint density at radius 1 is 1.00 bits per heavy atom. The Balaban J connectivity index is 1.73. The van der Waals surface area contributed by atoms with Gasteiger partial charge >= 0.3 is 0 Å². The summed E-state index contributed by atoms with van der Waals surface area (Å²) in [5.74, 6) is -0.440. The molecule has 5 nitrogen and oxygen atoms in total. The van der Waals surface area contributed by atoms with Crippen LogP contribution in [0, 0.1) is 5.92 Å². The summed E-state index contributed by atoms with van der Waals surface area (Å²) in [7, 11) is 0. The van der Waals surface area contributed by atoms with Gasteiger partial charge < -0.3 is 5.32 Å². The summed E-state index contributed by atoms with van der Waals surface area (Å²) < 4.78 is 0. The van der Waals surface area contributed by atoms with Crippen LogP contribution in [0.5, 0.6) is 0 Å². The maximum Gasteiger partial charge on any atom is 0.266 e. The maximum atomic E-state index is 12.6. The Kier molecular flexibility index (Phi) is 6.24. The lowest BCUT2D eigenvalue weighted by Crippen LogP contribution is -2.31. The molecule has 0 saturated carbocycles. The molecule has 2 aromatic rings. The van der Waals surface area contributed by atoms with Gasteiger partial charge in [0.1, 0.15) is 0 Å². The fraction of sp³-hybridized carbons (Fsp3) is 0.348. The number of rotatable bonds is 8. The lowest BCUT2D eigenvalue weighted by Gasteiger charge is -2.17. The molecule has 1 heterocycles. The second kappa shape index (κ2) is 8.83. The molecule has 0 fully saturated rings. The molecule has 1 unspecified atom stereocenters. The molecule has 1 atom stereocenters. The van der Waals surface area contributed by atoms with Crippen molar-refractivity contribution in [1.29, 1.82) is 0 Å². The van der Waals surface area contributed by atoms with Crippen LogP contribution in [-0.4, -0.2) is 24.3 Å². The monoisotopic (exact) mass is 378 g/mol. The van der Waals surface area contributed by atoms with Crippen molar-refractivity contribution in [2.75, 3.05) is 11.4 Å². The number of carbonyl (C=O) groups excluding carboxylic acids is 3. The summed E-state index contributed by atoms with van der Waals surface area (Å²) in [6.45, 7) is 4.93. The molecule has 0 saturated heterocycles. The van der Waals surface area contributed by atoms with Crippen LogP contribution in [0.25, 0.3) is 0 Å². The minimum Gasteiger partial charge on any atom is -0.352 e. The molecular formula is C23H26N2O3. The van der Waals surface area contributed by atoms with Crippen LogP contribution >= 0.6 is 0 Å². The molecule has 0 radical (unpaired) electrons. The highest BCUT2D eigenvalue weighted by Crippen LogP contribution is 2.28. The van der Waals surface area contributed by atoms with Gasteiger partial charge in [0.15, 0.2) is 0 Å². The van der Waals surface area contributed by atoms with Crippen LogP contribution in [-0.2, 0) is 0 Å². The number of nitrogens with one attached hydrogen (secondary N) is 1. The smallest absolute Gasteiger partial charge is 0.266 e. The Hall–Kier alpha value is -2.95. The van der Waals surface area contributed by atoms with Crippen LogP contribution in [0.15, 0.2) is 48.5 Å². The van der Waals surface area contributed by atoms with E-state index in [9.17, 15) is 14.4 Å². The predicted octanol–water partition coefficient (Wildman–Crippen LogP) is 4.43. The molecule has 0 aliphatic carbocycles. The predicted molar refractivity (Wildman–Crippen MR) is 110 cm³/mol. The quantitative estimate of drug-likeness (QED) is 0.691. The van der Waals surface area contributed by atoms with Crippen molar-refractivity contribution >= 4 is 23.4 Å². The normalized spacial score (nSPS) is 14.1. The van der Waals surface area contributed by atoms with Gasteiger partial charge in [-0.3, -0.25) is 14.4 Å². The minimum atomic E-state index is -0.358. The number of carbonyl (C=O) groups is 3. The molecule has 0 aromatic heterocycles. The Labute approximate surface area is 165 Å². The first-order valence-electron chi connectivity index (χ1n) is 9.92. The van der Waals surface area contributed by atoms with E-state index in [0.717, 1.165) is 30.6 Å². The average molecular weight is 378 g/mol. The Morgan fingerprint density at radius 2 is 1.68 bits per heavy atom. The molecule has 3 amide bonds.